The highest BCUT2D eigenvalue weighted by atomic mass is 32.2. The monoisotopic (exact) mass is 443 g/mol. The Bertz CT molecular complexity index is 1000. The van der Waals surface area contributed by atoms with Gasteiger partial charge in [0.1, 0.15) is 0 Å². The quantitative estimate of drug-likeness (QED) is 0.766. The SMILES string of the molecule is CN(C)c1ccc(C(=O)NC2CCN(S(=O)(=O)c3ccc(C(C)(C)C)cc3)CC2)cc1. The van der Waals surface area contributed by atoms with Crippen molar-refractivity contribution in [1.82, 2.24) is 9.62 Å². The van der Waals surface area contributed by atoms with E-state index in [9.17, 15) is 13.2 Å². The highest BCUT2D eigenvalue weighted by Gasteiger charge is 2.30. The molecular weight excluding hydrogens is 410 g/mol. The highest BCUT2D eigenvalue weighted by molar-refractivity contribution is 7.89. The number of hydrogen-bond donors (Lipinski definition) is 1. The normalized spacial score (nSPS) is 16.2. The Morgan fingerprint density at radius 2 is 1.52 bits per heavy atom. The Hall–Kier alpha value is -2.38. The largest absolute Gasteiger partial charge is 0.378 e. The number of carbonyl (C=O) groups is 1. The fourth-order valence-electron chi connectivity index (χ4n) is 3.70. The number of amides is 1. The maximum atomic E-state index is 13.0. The van der Waals surface area contributed by atoms with Crippen LogP contribution in [-0.4, -0.2) is 51.9 Å². The van der Waals surface area contributed by atoms with Gasteiger partial charge < -0.3 is 10.2 Å². The highest BCUT2D eigenvalue weighted by Crippen LogP contribution is 2.26. The molecule has 1 amide bonds. The van der Waals surface area contributed by atoms with Gasteiger partial charge in [-0.05, 0) is 60.2 Å². The summed E-state index contributed by atoms with van der Waals surface area (Å²) in [6.07, 6.45) is 1.20. The van der Waals surface area contributed by atoms with Crippen molar-refractivity contribution >= 4 is 21.6 Å². The van der Waals surface area contributed by atoms with Crippen molar-refractivity contribution in [2.45, 2.75) is 50.0 Å². The molecule has 1 saturated heterocycles. The summed E-state index contributed by atoms with van der Waals surface area (Å²) in [5, 5.41) is 3.05. The van der Waals surface area contributed by atoms with E-state index >= 15 is 0 Å². The van der Waals surface area contributed by atoms with Gasteiger partial charge in [-0.2, -0.15) is 4.31 Å². The topological polar surface area (TPSA) is 69.7 Å². The Morgan fingerprint density at radius 1 is 0.968 bits per heavy atom. The molecule has 0 spiro atoms. The minimum absolute atomic E-state index is 0.0222. The van der Waals surface area contributed by atoms with Crippen LogP contribution in [0.3, 0.4) is 0 Å². The second kappa shape index (κ2) is 9.01. The molecule has 3 rings (SSSR count). The standard InChI is InChI=1S/C24H33N3O3S/c1-24(2,3)19-8-12-22(13-9-19)31(29,30)27-16-14-20(15-17-27)25-23(28)18-6-10-21(11-7-18)26(4)5/h6-13,20H,14-17H2,1-5H3,(H,25,28). The number of hydrogen-bond acceptors (Lipinski definition) is 4. The number of benzene rings is 2. The van der Waals surface area contributed by atoms with Crippen LogP contribution in [0.2, 0.25) is 0 Å². The first kappa shape index (κ1) is 23.3. The van der Waals surface area contributed by atoms with Crippen molar-refractivity contribution in [3.63, 3.8) is 0 Å². The second-order valence-electron chi connectivity index (χ2n) is 9.37. The molecule has 31 heavy (non-hydrogen) atoms. The van der Waals surface area contributed by atoms with E-state index in [0.717, 1.165) is 11.3 Å². The van der Waals surface area contributed by atoms with Gasteiger partial charge in [-0.25, -0.2) is 8.42 Å². The van der Waals surface area contributed by atoms with Crippen LogP contribution in [0.4, 0.5) is 5.69 Å². The van der Waals surface area contributed by atoms with E-state index in [1.54, 1.807) is 12.1 Å². The molecule has 6 nitrogen and oxygen atoms in total. The molecule has 2 aromatic carbocycles. The van der Waals surface area contributed by atoms with E-state index < -0.39 is 10.0 Å². The summed E-state index contributed by atoms with van der Waals surface area (Å²) >= 11 is 0. The molecular formula is C24H33N3O3S. The molecule has 1 aliphatic heterocycles. The lowest BCUT2D eigenvalue weighted by atomic mass is 9.87. The van der Waals surface area contributed by atoms with Crippen molar-refractivity contribution < 1.29 is 13.2 Å². The van der Waals surface area contributed by atoms with Crippen LogP contribution in [0.1, 0.15) is 49.5 Å². The minimum atomic E-state index is -3.53. The second-order valence-corrected chi connectivity index (χ2v) is 11.3. The first-order chi connectivity index (χ1) is 14.5. The van der Waals surface area contributed by atoms with Crippen LogP contribution in [0.5, 0.6) is 0 Å². The molecule has 7 heteroatoms. The van der Waals surface area contributed by atoms with Gasteiger partial charge in [0.15, 0.2) is 0 Å². The molecule has 0 aromatic heterocycles. The summed E-state index contributed by atoms with van der Waals surface area (Å²) in [7, 11) is 0.383. The maximum absolute atomic E-state index is 13.0. The van der Waals surface area contributed by atoms with E-state index in [0.29, 0.717) is 36.4 Å². The van der Waals surface area contributed by atoms with E-state index in [-0.39, 0.29) is 17.4 Å². The first-order valence-corrected chi connectivity index (χ1v) is 12.1. The van der Waals surface area contributed by atoms with E-state index in [4.69, 9.17) is 0 Å². The predicted molar refractivity (Wildman–Crippen MR) is 125 cm³/mol. The van der Waals surface area contributed by atoms with Crippen molar-refractivity contribution in [2.24, 2.45) is 0 Å². The third kappa shape index (κ3) is 5.46. The molecule has 0 unspecified atom stereocenters. The molecule has 1 N–H and O–H groups in total. The van der Waals surface area contributed by atoms with Crippen LogP contribution in [0, 0.1) is 0 Å². The van der Waals surface area contributed by atoms with Crippen LogP contribution < -0.4 is 10.2 Å². The average molecular weight is 444 g/mol. The Kier molecular flexibility index (Phi) is 6.76. The van der Waals surface area contributed by atoms with Gasteiger partial charge >= 0.3 is 0 Å². The summed E-state index contributed by atoms with van der Waals surface area (Å²) in [5.41, 5.74) is 2.72. The Labute approximate surface area is 186 Å². The molecule has 0 atom stereocenters. The summed E-state index contributed by atoms with van der Waals surface area (Å²) in [5.74, 6) is -0.121. The Morgan fingerprint density at radius 3 is 2.00 bits per heavy atom. The minimum Gasteiger partial charge on any atom is -0.378 e. The van der Waals surface area contributed by atoms with Crippen molar-refractivity contribution in [2.75, 3.05) is 32.1 Å². The van der Waals surface area contributed by atoms with Crippen LogP contribution in [0.25, 0.3) is 0 Å². The molecule has 1 fully saturated rings. The first-order valence-electron chi connectivity index (χ1n) is 10.7. The molecule has 0 radical (unpaired) electrons. The number of sulfonamides is 1. The third-order valence-electron chi connectivity index (χ3n) is 5.79. The fraction of sp³-hybridized carbons (Fsp3) is 0.458. The zero-order chi connectivity index (χ0) is 22.8. The van der Waals surface area contributed by atoms with E-state index in [1.807, 2.05) is 55.4 Å². The number of carbonyl (C=O) groups excluding carboxylic acids is 1. The number of nitrogens with zero attached hydrogens (tertiary/aromatic N) is 2. The van der Waals surface area contributed by atoms with Crippen molar-refractivity contribution in [3.05, 3.63) is 59.7 Å². The lowest BCUT2D eigenvalue weighted by molar-refractivity contribution is 0.0924. The molecule has 1 heterocycles. The molecule has 0 bridgehead atoms. The summed E-state index contributed by atoms with van der Waals surface area (Å²) in [6.45, 7) is 7.10. The van der Waals surface area contributed by atoms with Gasteiger partial charge in [-0.1, -0.05) is 32.9 Å². The predicted octanol–water partition coefficient (Wildman–Crippen LogP) is 3.63. The molecule has 168 valence electrons. The lowest BCUT2D eigenvalue weighted by Crippen LogP contribution is -2.46. The van der Waals surface area contributed by atoms with Crippen molar-refractivity contribution in [3.8, 4) is 0 Å². The van der Waals surface area contributed by atoms with Gasteiger partial charge in [0, 0.05) is 44.5 Å². The van der Waals surface area contributed by atoms with Crippen LogP contribution in [-0.2, 0) is 15.4 Å². The smallest absolute Gasteiger partial charge is 0.251 e. The number of nitrogens with one attached hydrogen (secondary N) is 1. The van der Waals surface area contributed by atoms with Gasteiger partial charge in [-0.3, -0.25) is 4.79 Å². The molecule has 2 aromatic rings. The lowest BCUT2D eigenvalue weighted by Gasteiger charge is -2.31. The molecule has 0 saturated carbocycles. The summed E-state index contributed by atoms with van der Waals surface area (Å²) < 4.78 is 27.6. The van der Waals surface area contributed by atoms with E-state index in [1.165, 1.54) is 4.31 Å². The summed E-state index contributed by atoms with van der Waals surface area (Å²) in [6, 6.07) is 14.6. The molecule has 0 aliphatic carbocycles. The average Bonchev–Trinajstić information content (AvgIpc) is 2.73. The van der Waals surface area contributed by atoms with E-state index in [2.05, 4.69) is 26.1 Å². The van der Waals surface area contributed by atoms with Crippen molar-refractivity contribution in [1.29, 1.82) is 0 Å². The zero-order valence-corrected chi connectivity index (χ0v) is 19.9. The number of rotatable bonds is 5. The van der Waals surface area contributed by atoms with Gasteiger partial charge in [-0.15, -0.1) is 0 Å². The molecule has 1 aliphatic rings. The van der Waals surface area contributed by atoms with Gasteiger partial charge in [0.2, 0.25) is 10.0 Å². The Balaban J connectivity index is 1.59. The number of piperidine rings is 1. The van der Waals surface area contributed by atoms with Crippen LogP contribution in [0.15, 0.2) is 53.4 Å². The number of anilines is 1. The summed E-state index contributed by atoms with van der Waals surface area (Å²) in [4.78, 5) is 14.9. The third-order valence-corrected chi connectivity index (χ3v) is 7.71. The maximum Gasteiger partial charge on any atom is 0.251 e. The van der Waals surface area contributed by atoms with Gasteiger partial charge in [0.25, 0.3) is 5.91 Å². The van der Waals surface area contributed by atoms with Crippen LogP contribution >= 0.6 is 0 Å². The fourth-order valence-corrected chi connectivity index (χ4v) is 5.17. The van der Waals surface area contributed by atoms with Gasteiger partial charge in [0.05, 0.1) is 4.90 Å². The zero-order valence-electron chi connectivity index (χ0n) is 19.1.